The van der Waals surface area contributed by atoms with Crippen LogP contribution in [0.2, 0.25) is 0 Å². The summed E-state index contributed by atoms with van der Waals surface area (Å²) >= 11 is 0. The van der Waals surface area contributed by atoms with Crippen molar-refractivity contribution < 1.29 is 4.42 Å². The Labute approximate surface area is 152 Å². The van der Waals surface area contributed by atoms with Crippen LogP contribution in [-0.4, -0.2) is 43.1 Å². The normalized spacial score (nSPS) is 13.7. The SMILES string of the molecule is CCN(CC)C(CNC(=NC)NC(C)(C)C)c1ccco1.I. The highest BCUT2D eigenvalue weighted by atomic mass is 127. The third kappa shape index (κ3) is 7.00. The quantitative estimate of drug-likeness (QED) is 0.420. The molecule has 0 bridgehead atoms. The Balaban J connectivity index is 0.00000441. The molecule has 1 rings (SSSR count). The average molecular weight is 422 g/mol. The number of aliphatic imine (C=N–C) groups is 1. The second-order valence-corrected chi connectivity index (χ2v) is 6.08. The van der Waals surface area contributed by atoms with Gasteiger partial charge in [-0.25, -0.2) is 0 Å². The molecule has 128 valence electrons. The summed E-state index contributed by atoms with van der Waals surface area (Å²) in [5.74, 6) is 1.80. The number of nitrogens with zero attached hydrogens (tertiary/aromatic N) is 2. The molecule has 0 aromatic carbocycles. The molecule has 1 atom stereocenters. The third-order valence-corrected chi connectivity index (χ3v) is 3.30. The number of hydrogen-bond acceptors (Lipinski definition) is 3. The van der Waals surface area contributed by atoms with Crippen LogP contribution in [0, 0.1) is 0 Å². The van der Waals surface area contributed by atoms with E-state index in [1.54, 1.807) is 13.3 Å². The van der Waals surface area contributed by atoms with Crippen molar-refractivity contribution in [2.75, 3.05) is 26.7 Å². The first-order chi connectivity index (χ1) is 9.91. The summed E-state index contributed by atoms with van der Waals surface area (Å²) in [6, 6.07) is 4.17. The molecule has 0 saturated heterocycles. The number of likely N-dealkylation sites (N-methyl/N-ethyl adjacent to an activating group) is 1. The molecule has 1 heterocycles. The highest BCUT2D eigenvalue weighted by Gasteiger charge is 2.21. The largest absolute Gasteiger partial charge is 0.468 e. The minimum Gasteiger partial charge on any atom is -0.468 e. The van der Waals surface area contributed by atoms with Crippen LogP contribution >= 0.6 is 24.0 Å². The predicted molar refractivity (Wildman–Crippen MR) is 104 cm³/mol. The average Bonchev–Trinajstić information content (AvgIpc) is 2.94. The first-order valence-electron chi connectivity index (χ1n) is 7.67. The summed E-state index contributed by atoms with van der Waals surface area (Å²) in [4.78, 5) is 6.65. The summed E-state index contributed by atoms with van der Waals surface area (Å²) in [5, 5.41) is 6.77. The van der Waals surface area contributed by atoms with E-state index in [1.165, 1.54) is 0 Å². The van der Waals surface area contributed by atoms with E-state index in [-0.39, 0.29) is 35.6 Å². The van der Waals surface area contributed by atoms with E-state index in [2.05, 4.69) is 55.1 Å². The highest BCUT2D eigenvalue weighted by molar-refractivity contribution is 14.0. The maximum absolute atomic E-state index is 5.61. The van der Waals surface area contributed by atoms with Gasteiger partial charge in [-0.2, -0.15) is 0 Å². The van der Waals surface area contributed by atoms with Crippen LogP contribution in [0.4, 0.5) is 0 Å². The number of guanidine groups is 1. The first-order valence-corrected chi connectivity index (χ1v) is 7.67. The lowest BCUT2D eigenvalue weighted by molar-refractivity contribution is 0.193. The van der Waals surface area contributed by atoms with Crippen LogP contribution in [0.1, 0.15) is 46.4 Å². The third-order valence-electron chi connectivity index (χ3n) is 3.30. The van der Waals surface area contributed by atoms with Crippen molar-refractivity contribution in [2.45, 2.75) is 46.2 Å². The maximum atomic E-state index is 5.61. The smallest absolute Gasteiger partial charge is 0.191 e. The van der Waals surface area contributed by atoms with E-state index in [1.807, 2.05) is 12.1 Å². The van der Waals surface area contributed by atoms with Gasteiger partial charge in [0.2, 0.25) is 0 Å². The van der Waals surface area contributed by atoms with Gasteiger partial charge in [-0.1, -0.05) is 13.8 Å². The Bertz CT molecular complexity index is 422. The second-order valence-electron chi connectivity index (χ2n) is 6.08. The van der Waals surface area contributed by atoms with Gasteiger partial charge in [0.1, 0.15) is 5.76 Å². The highest BCUT2D eigenvalue weighted by Crippen LogP contribution is 2.20. The van der Waals surface area contributed by atoms with Gasteiger partial charge >= 0.3 is 0 Å². The van der Waals surface area contributed by atoms with Gasteiger partial charge in [-0.05, 0) is 46.0 Å². The zero-order chi connectivity index (χ0) is 15.9. The van der Waals surface area contributed by atoms with E-state index < -0.39 is 0 Å². The van der Waals surface area contributed by atoms with Gasteiger partial charge in [0.05, 0.1) is 12.3 Å². The fourth-order valence-electron chi connectivity index (χ4n) is 2.28. The number of halogens is 1. The molecule has 0 aliphatic heterocycles. The molecule has 1 unspecified atom stereocenters. The summed E-state index contributed by atoms with van der Waals surface area (Å²) < 4.78 is 5.61. The second kappa shape index (κ2) is 10.1. The lowest BCUT2D eigenvalue weighted by Gasteiger charge is -2.30. The van der Waals surface area contributed by atoms with Crippen LogP contribution in [-0.2, 0) is 0 Å². The molecule has 0 aliphatic rings. The van der Waals surface area contributed by atoms with Crippen molar-refractivity contribution in [2.24, 2.45) is 4.99 Å². The van der Waals surface area contributed by atoms with E-state index in [4.69, 9.17) is 4.42 Å². The van der Waals surface area contributed by atoms with Crippen LogP contribution in [0.5, 0.6) is 0 Å². The van der Waals surface area contributed by atoms with Gasteiger partial charge in [0, 0.05) is 19.1 Å². The number of rotatable bonds is 6. The fourth-order valence-corrected chi connectivity index (χ4v) is 2.28. The molecular weight excluding hydrogens is 391 g/mol. The van der Waals surface area contributed by atoms with E-state index in [9.17, 15) is 0 Å². The lowest BCUT2D eigenvalue weighted by Crippen LogP contribution is -2.49. The lowest BCUT2D eigenvalue weighted by atomic mass is 10.1. The Morgan fingerprint density at radius 1 is 1.32 bits per heavy atom. The van der Waals surface area contributed by atoms with Crippen LogP contribution < -0.4 is 10.6 Å². The fraction of sp³-hybridized carbons (Fsp3) is 0.688. The topological polar surface area (TPSA) is 52.8 Å². The van der Waals surface area contributed by atoms with Crippen molar-refractivity contribution in [3.05, 3.63) is 24.2 Å². The molecule has 0 fully saturated rings. The first kappa shape index (κ1) is 21.2. The van der Waals surface area contributed by atoms with Gasteiger partial charge in [-0.15, -0.1) is 24.0 Å². The Morgan fingerprint density at radius 3 is 2.36 bits per heavy atom. The van der Waals surface area contributed by atoms with Crippen LogP contribution in [0.15, 0.2) is 27.8 Å². The molecule has 22 heavy (non-hydrogen) atoms. The molecule has 0 amide bonds. The molecule has 0 aliphatic carbocycles. The van der Waals surface area contributed by atoms with Crippen molar-refractivity contribution >= 4 is 29.9 Å². The van der Waals surface area contributed by atoms with Crippen molar-refractivity contribution in [3.8, 4) is 0 Å². The van der Waals surface area contributed by atoms with Crippen molar-refractivity contribution in [1.82, 2.24) is 15.5 Å². The van der Waals surface area contributed by atoms with Gasteiger partial charge in [-0.3, -0.25) is 9.89 Å². The van der Waals surface area contributed by atoms with Gasteiger partial charge in [0.25, 0.3) is 0 Å². The minimum atomic E-state index is -0.0166. The molecule has 1 aromatic heterocycles. The molecule has 5 nitrogen and oxygen atoms in total. The number of hydrogen-bond donors (Lipinski definition) is 2. The van der Waals surface area contributed by atoms with E-state index in [0.29, 0.717) is 0 Å². The van der Waals surface area contributed by atoms with Crippen molar-refractivity contribution in [1.29, 1.82) is 0 Å². The molecule has 2 N–H and O–H groups in total. The van der Waals surface area contributed by atoms with Gasteiger partial charge < -0.3 is 15.1 Å². The Kier molecular flexibility index (Phi) is 9.75. The maximum Gasteiger partial charge on any atom is 0.191 e. The van der Waals surface area contributed by atoms with E-state index >= 15 is 0 Å². The summed E-state index contributed by atoms with van der Waals surface area (Å²) in [7, 11) is 1.79. The molecule has 1 aromatic rings. The monoisotopic (exact) mass is 422 g/mol. The molecule has 0 radical (unpaired) electrons. The Morgan fingerprint density at radius 2 is 1.95 bits per heavy atom. The molecule has 0 saturated carbocycles. The molecular formula is C16H31IN4O. The predicted octanol–water partition coefficient (Wildman–Crippen LogP) is 3.24. The summed E-state index contributed by atoms with van der Waals surface area (Å²) in [5.41, 5.74) is -0.0166. The summed E-state index contributed by atoms with van der Waals surface area (Å²) in [6.07, 6.45) is 1.73. The van der Waals surface area contributed by atoms with Crippen LogP contribution in [0.3, 0.4) is 0 Å². The van der Waals surface area contributed by atoms with Gasteiger partial charge in [0.15, 0.2) is 5.96 Å². The Hall–Kier alpha value is -0.760. The minimum absolute atomic E-state index is 0. The zero-order valence-electron chi connectivity index (χ0n) is 14.6. The van der Waals surface area contributed by atoms with Crippen LogP contribution in [0.25, 0.3) is 0 Å². The van der Waals surface area contributed by atoms with Crippen molar-refractivity contribution in [3.63, 3.8) is 0 Å². The number of nitrogens with one attached hydrogen (secondary N) is 2. The zero-order valence-corrected chi connectivity index (χ0v) is 17.0. The van der Waals surface area contributed by atoms with E-state index in [0.717, 1.165) is 31.4 Å². The number of furan rings is 1. The summed E-state index contributed by atoms with van der Waals surface area (Å²) in [6.45, 7) is 13.4. The standard InChI is InChI=1S/C16H30N4O.HI/c1-7-20(8-2)13(14-10-9-11-21-14)12-18-15(17-6)19-16(3,4)5;/h9-11,13H,7-8,12H2,1-6H3,(H2,17,18,19);1H. The molecule has 0 spiro atoms. The molecule has 6 heteroatoms.